The number of nitrogen functional groups attached to an aromatic ring is 1. The first-order chi connectivity index (χ1) is 10.6. The van der Waals surface area contributed by atoms with Crippen molar-refractivity contribution < 1.29 is 4.79 Å². The van der Waals surface area contributed by atoms with Crippen molar-refractivity contribution in [2.24, 2.45) is 7.05 Å². The quantitative estimate of drug-likeness (QED) is 0.713. The molecule has 3 aromatic rings. The van der Waals surface area contributed by atoms with Gasteiger partial charge in [0.2, 0.25) is 5.91 Å². The Morgan fingerprint density at radius 3 is 2.95 bits per heavy atom. The zero-order chi connectivity index (χ0) is 15.5. The average Bonchev–Trinajstić information content (AvgIpc) is 2.91. The van der Waals surface area contributed by atoms with Crippen molar-refractivity contribution in [1.82, 2.24) is 20.1 Å². The van der Waals surface area contributed by atoms with E-state index in [0.717, 1.165) is 22.2 Å². The summed E-state index contributed by atoms with van der Waals surface area (Å²) < 4.78 is 1.71. The van der Waals surface area contributed by atoms with Gasteiger partial charge in [-0.3, -0.25) is 14.5 Å². The Bertz CT molecular complexity index is 824. The molecule has 3 rings (SSSR count). The van der Waals surface area contributed by atoms with E-state index in [1.54, 1.807) is 10.9 Å². The lowest BCUT2D eigenvalue weighted by Crippen LogP contribution is -2.24. The lowest BCUT2D eigenvalue weighted by atomic mass is 10.1. The van der Waals surface area contributed by atoms with Gasteiger partial charge in [0, 0.05) is 36.4 Å². The third kappa shape index (κ3) is 3.22. The van der Waals surface area contributed by atoms with Crippen molar-refractivity contribution in [2.75, 3.05) is 5.73 Å². The number of aromatic nitrogens is 3. The Hall–Kier alpha value is -2.89. The molecule has 6 nitrogen and oxygen atoms in total. The molecule has 0 saturated carbocycles. The second-order valence-corrected chi connectivity index (χ2v) is 5.23. The predicted molar refractivity (Wildman–Crippen MR) is 84.9 cm³/mol. The molecule has 0 aliphatic carbocycles. The fourth-order valence-corrected chi connectivity index (χ4v) is 2.28. The van der Waals surface area contributed by atoms with Gasteiger partial charge in [0.1, 0.15) is 0 Å². The van der Waals surface area contributed by atoms with Gasteiger partial charge in [-0.25, -0.2) is 0 Å². The molecular weight excluding hydrogens is 278 g/mol. The zero-order valence-electron chi connectivity index (χ0n) is 12.3. The van der Waals surface area contributed by atoms with Gasteiger partial charge in [-0.15, -0.1) is 0 Å². The van der Waals surface area contributed by atoms with E-state index in [2.05, 4.69) is 15.4 Å². The van der Waals surface area contributed by atoms with E-state index in [-0.39, 0.29) is 12.3 Å². The van der Waals surface area contributed by atoms with Gasteiger partial charge in [-0.2, -0.15) is 5.10 Å². The molecule has 0 aliphatic heterocycles. The van der Waals surface area contributed by atoms with Crippen LogP contribution in [0.1, 0.15) is 11.3 Å². The maximum Gasteiger partial charge on any atom is 0.226 e. The lowest BCUT2D eigenvalue weighted by Gasteiger charge is -2.05. The van der Waals surface area contributed by atoms with E-state index in [0.29, 0.717) is 12.2 Å². The van der Waals surface area contributed by atoms with Crippen LogP contribution in [0.25, 0.3) is 10.9 Å². The molecule has 1 aromatic carbocycles. The van der Waals surface area contributed by atoms with Crippen LogP contribution in [0.2, 0.25) is 0 Å². The molecule has 0 radical (unpaired) electrons. The summed E-state index contributed by atoms with van der Waals surface area (Å²) >= 11 is 0. The fraction of sp³-hybridized carbons (Fsp3) is 0.188. The number of hydrogen-bond acceptors (Lipinski definition) is 4. The minimum absolute atomic E-state index is 0.0638. The Morgan fingerprint density at radius 1 is 1.32 bits per heavy atom. The third-order valence-corrected chi connectivity index (χ3v) is 3.36. The Kier molecular flexibility index (Phi) is 3.74. The Morgan fingerprint density at radius 2 is 2.18 bits per heavy atom. The molecule has 2 aromatic heterocycles. The number of hydrogen-bond donors (Lipinski definition) is 2. The molecule has 0 aliphatic rings. The van der Waals surface area contributed by atoms with Crippen molar-refractivity contribution in [2.45, 2.75) is 13.0 Å². The van der Waals surface area contributed by atoms with Gasteiger partial charge in [0.05, 0.1) is 23.8 Å². The maximum absolute atomic E-state index is 12.0. The molecule has 112 valence electrons. The smallest absolute Gasteiger partial charge is 0.226 e. The maximum atomic E-state index is 12.0. The summed E-state index contributed by atoms with van der Waals surface area (Å²) in [4.78, 5) is 16.5. The molecule has 3 N–H and O–H groups in total. The van der Waals surface area contributed by atoms with E-state index in [1.807, 2.05) is 43.6 Å². The molecule has 2 heterocycles. The van der Waals surface area contributed by atoms with Crippen LogP contribution in [0, 0.1) is 0 Å². The molecule has 6 heteroatoms. The third-order valence-electron chi connectivity index (χ3n) is 3.36. The van der Waals surface area contributed by atoms with Gasteiger partial charge < -0.3 is 11.1 Å². The normalized spacial score (nSPS) is 10.8. The summed E-state index contributed by atoms with van der Waals surface area (Å²) in [6.07, 6.45) is 3.86. The number of carbonyl (C=O) groups excluding carboxylic acids is 1. The highest BCUT2D eigenvalue weighted by Gasteiger charge is 2.06. The fourth-order valence-electron chi connectivity index (χ4n) is 2.28. The van der Waals surface area contributed by atoms with E-state index in [4.69, 9.17) is 5.73 Å². The molecule has 0 saturated heterocycles. The van der Waals surface area contributed by atoms with Crippen LogP contribution in [0.3, 0.4) is 0 Å². The molecule has 0 spiro atoms. The average molecular weight is 295 g/mol. The van der Waals surface area contributed by atoms with Crippen LogP contribution in [0.15, 0.2) is 42.7 Å². The number of nitrogens with two attached hydrogens (primary N) is 1. The number of fused-ring (bicyclic) bond motifs is 1. The number of pyridine rings is 1. The van der Waals surface area contributed by atoms with Crippen molar-refractivity contribution in [1.29, 1.82) is 0 Å². The number of nitrogens with one attached hydrogen (secondary N) is 1. The van der Waals surface area contributed by atoms with Crippen molar-refractivity contribution in [3.8, 4) is 0 Å². The van der Waals surface area contributed by atoms with E-state index >= 15 is 0 Å². The lowest BCUT2D eigenvalue weighted by molar-refractivity contribution is -0.120. The van der Waals surface area contributed by atoms with E-state index in [9.17, 15) is 4.79 Å². The second-order valence-electron chi connectivity index (χ2n) is 5.23. The predicted octanol–water partition coefficient (Wildman–Crippen LogP) is 1.41. The summed E-state index contributed by atoms with van der Waals surface area (Å²) in [6, 6.07) is 9.33. The summed E-state index contributed by atoms with van der Waals surface area (Å²) in [5, 5.41) is 7.90. The van der Waals surface area contributed by atoms with Crippen LogP contribution in [0.5, 0.6) is 0 Å². The number of anilines is 1. The molecule has 1 amide bonds. The first-order valence-electron chi connectivity index (χ1n) is 6.99. The van der Waals surface area contributed by atoms with Crippen LogP contribution in [-0.4, -0.2) is 20.7 Å². The van der Waals surface area contributed by atoms with Gasteiger partial charge in [0.25, 0.3) is 0 Å². The molecule has 0 unspecified atom stereocenters. The summed E-state index contributed by atoms with van der Waals surface area (Å²) in [5.41, 5.74) is 8.99. The van der Waals surface area contributed by atoms with E-state index in [1.165, 1.54) is 0 Å². The van der Waals surface area contributed by atoms with Gasteiger partial charge >= 0.3 is 0 Å². The summed E-state index contributed by atoms with van der Waals surface area (Å²) in [6.45, 7) is 0.469. The topological polar surface area (TPSA) is 85.8 Å². The standard InChI is InChI=1S/C16H17N5O/c1-21-10-11(9-19-21)8-18-16(22)7-14-4-2-12-6-13(17)3-5-15(12)20-14/h2-6,9-10H,7-8,17H2,1H3,(H,18,22). The molecule has 22 heavy (non-hydrogen) atoms. The van der Waals surface area contributed by atoms with Gasteiger partial charge in [-0.05, 0) is 24.3 Å². The van der Waals surface area contributed by atoms with Crippen LogP contribution in [0.4, 0.5) is 5.69 Å². The van der Waals surface area contributed by atoms with Crippen molar-refractivity contribution in [3.05, 3.63) is 54.0 Å². The summed E-state index contributed by atoms with van der Waals surface area (Å²) in [7, 11) is 1.84. The molecular formula is C16H17N5O. The second kappa shape index (κ2) is 5.85. The molecule has 0 fully saturated rings. The number of nitrogens with zero attached hydrogens (tertiary/aromatic N) is 3. The number of amides is 1. The van der Waals surface area contributed by atoms with Crippen LogP contribution < -0.4 is 11.1 Å². The first kappa shape index (κ1) is 14.1. The number of aryl methyl sites for hydroxylation is 1. The van der Waals surface area contributed by atoms with Crippen molar-refractivity contribution in [3.63, 3.8) is 0 Å². The minimum atomic E-state index is -0.0638. The van der Waals surface area contributed by atoms with E-state index < -0.39 is 0 Å². The first-order valence-corrected chi connectivity index (χ1v) is 6.99. The van der Waals surface area contributed by atoms with Gasteiger partial charge in [-0.1, -0.05) is 6.07 Å². The Balaban J connectivity index is 1.64. The largest absolute Gasteiger partial charge is 0.399 e. The highest BCUT2D eigenvalue weighted by Crippen LogP contribution is 2.16. The number of benzene rings is 1. The Labute approximate surface area is 128 Å². The van der Waals surface area contributed by atoms with Crippen LogP contribution in [-0.2, 0) is 24.8 Å². The highest BCUT2D eigenvalue weighted by atomic mass is 16.1. The monoisotopic (exact) mass is 295 g/mol. The zero-order valence-corrected chi connectivity index (χ0v) is 12.3. The SMILES string of the molecule is Cn1cc(CNC(=O)Cc2ccc3cc(N)ccc3n2)cn1. The van der Waals surface area contributed by atoms with Gasteiger partial charge in [0.15, 0.2) is 0 Å². The summed E-state index contributed by atoms with van der Waals surface area (Å²) in [5.74, 6) is -0.0638. The molecule has 0 atom stereocenters. The van der Waals surface area contributed by atoms with Crippen LogP contribution >= 0.6 is 0 Å². The number of carbonyl (C=O) groups is 1. The van der Waals surface area contributed by atoms with Crippen molar-refractivity contribution >= 4 is 22.5 Å². The molecule has 0 bridgehead atoms. The minimum Gasteiger partial charge on any atom is -0.399 e. The number of rotatable bonds is 4. The highest BCUT2D eigenvalue weighted by molar-refractivity contribution is 5.83.